The second kappa shape index (κ2) is 8.76. The molecule has 0 heterocycles. The summed E-state index contributed by atoms with van der Waals surface area (Å²) in [6, 6.07) is 12.5. The number of carbonyl (C=O) groups excluding carboxylic acids is 1. The Bertz CT molecular complexity index is 643. The van der Waals surface area contributed by atoms with Gasteiger partial charge in [-0.05, 0) is 55.5 Å². The minimum atomic E-state index is -0.351. The molecule has 0 radical (unpaired) electrons. The quantitative estimate of drug-likeness (QED) is 0.807. The highest BCUT2D eigenvalue weighted by Gasteiger charge is 2.09. The van der Waals surface area contributed by atoms with E-state index in [0.29, 0.717) is 18.1 Å². The van der Waals surface area contributed by atoms with Gasteiger partial charge in [0.05, 0.1) is 13.2 Å². The zero-order chi connectivity index (χ0) is 17.4. The zero-order valence-electron chi connectivity index (χ0n) is 13.6. The molecule has 0 bridgehead atoms. The van der Waals surface area contributed by atoms with Crippen LogP contribution in [0.5, 0.6) is 17.2 Å². The van der Waals surface area contributed by atoms with E-state index in [1.54, 1.807) is 31.4 Å². The lowest BCUT2D eigenvalue weighted by Gasteiger charge is -2.15. The predicted octanol–water partition coefficient (Wildman–Crippen LogP) is 2.80. The van der Waals surface area contributed by atoms with Crippen molar-refractivity contribution in [3.05, 3.63) is 54.3 Å². The molecule has 1 atom stereocenters. The summed E-state index contributed by atoms with van der Waals surface area (Å²) < 4.78 is 28.7. The van der Waals surface area contributed by atoms with Crippen LogP contribution in [0.15, 0.2) is 48.5 Å². The van der Waals surface area contributed by atoms with Crippen molar-refractivity contribution in [2.75, 3.05) is 20.3 Å². The summed E-state index contributed by atoms with van der Waals surface area (Å²) >= 11 is 0. The SMILES string of the molecule is COc1ccc(OC[C@H](C)NC(=O)COc2ccc(F)cc2)cc1. The van der Waals surface area contributed by atoms with Crippen LogP contribution in [0.25, 0.3) is 0 Å². The fraction of sp³-hybridized carbons (Fsp3) is 0.278. The highest BCUT2D eigenvalue weighted by Crippen LogP contribution is 2.17. The number of hydrogen-bond donors (Lipinski definition) is 1. The summed E-state index contributed by atoms with van der Waals surface area (Å²) in [6.45, 7) is 2.02. The van der Waals surface area contributed by atoms with Gasteiger partial charge in [-0.2, -0.15) is 0 Å². The Hall–Kier alpha value is -2.76. The first-order chi connectivity index (χ1) is 11.6. The molecular formula is C18H20FNO4. The van der Waals surface area contributed by atoms with Gasteiger partial charge in [0.2, 0.25) is 0 Å². The molecule has 2 aromatic carbocycles. The van der Waals surface area contributed by atoms with Gasteiger partial charge in [0.15, 0.2) is 6.61 Å². The number of amides is 1. The maximum absolute atomic E-state index is 12.8. The van der Waals surface area contributed by atoms with E-state index in [1.165, 1.54) is 24.3 Å². The summed E-state index contributed by atoms with van der Waals surface area (Å²) in [7, 11) is 1.60. The van der Waals surface area contributed by atoms with Crippen LogP contribution in [-0.4, -0.2) is 32.3 Å². The highest BCUT2D eigenvalue weighted by atomic mass is 19.1. The van der Waals surface area contributed by atoms with Crippen LogP contribution < -0.4 is 19.5 Å². The van der Waals surface area contributed by atoms with Crippen molar-refractivity contribution in [1.29, 1.82) is 0 Å². The van der Waals surface area contributed by atoms with Crippen molar-refractivity contribution in [3.63, 3.8) is 0 Å². The fourth-order valence-corrected chi connectivity index (χ4v) is 1.93. The Morgan fingerprint density at radius 1 is 1.00 bits per heavy atom. The van der Waals surface area contributed by atoms with Crippen LogP contribution in [0.1, 0.15) is 6.92 Å². The van der Waals surface area contributed by atoms with Gasteiger partial charge < -0.3 is 19.5 Å². The number of nitrogens with one attached hydrogen (secondary N) is 1. The van der Waals surface area contributed by atoms with E-state index < -0.39 is 0 Å². The molecule has 24 heavy (non-hydrogen) atoms. The van der Waals surface area contributed by atoms with Gasteiger partial charge in [-0.3, -0.25) is 4.79 Å². The summed E-state index contributed by atoms with van der Waals surface area (Å²) in [5.41, 5.74) is 0. The number of benzene rings is 2. The standard InChI is InChI=1S/C18H20FNO4/c1-13(11-23-17-9-7-15(22-2)8-10-17)20-18(21)12-24-16-5-3-14(19)4-6-16/h3-10,13H,11-12H2,1-2H3,(H,20,21)/t13-/m0/s1. The van der Waals surface area contributed by atoms with Gasteiger partial charge in [0, 0.05) is 0 Å². The first-order valence-corrected chi connectivity index (χ1v) is 7.51. The van der Waals surface area contributed by atoms with E-state index in [0.717, 1.165) is 5.75 Å². The second-order valence-corrected chi connectivity index (χ2v) is 5.20. The minimum absolute atomic E-state index is 0.140. The molecule has 0 aromatic heterocycles. The maximum Gasteiger partial charge on any atom is 0.258 e. The van der Waals surface area contributed by atoms with Crippen molar-refractivity contribution >= 4 is 5.91 Å². The van der Waals surface area contributed by atoms with E-state index in [2.05, 4.69) is 5.32 Å². The predicted molar refractivity (Wildman–Crippen MR) is 88.0 cm³/mol. The molecular weight excluding hydrogens is 313 g/mol. The van der Waals surface area contributed by atoms with E-state index >= 15 is 0 Å². The molecule has 1 N–H and O–H groups in total. The summed E-state index contributed by atoms with van der Waals surface area (Å²) in [4.78, 5) is 11.8. The van der Waals surface area contributed by atoms with E-state index in [9.17, 15) is 9.18 Å². The smallest absolute Gasteiger partial charge is 0.258 e. The monoisotopic (exact) mass is 333 g/mol. The second-order valence-electron chi connectivity index (χ2n) is 5.20. The van der Waals surface area contributed by atoms with Crippen LogP contribution in [0.3, 0.4) is 0 Å². The molecule has 0 saturated heterocycles. The maximum atomic E-state index is 12.8. The van der Waals surface area contributed by atoms with Crippen LogP contribution in [0.4, 0.5) is 4.39 Å². The lowest BCUT2D eigenvalue weighted by Crippen LogP contribution is -2.39. The number of rotatable bonds is 8. The van der Waals surface area contributed by atoms with Crippen molar-refractivity contribution in [2.45, 2.75) is 13.0 Å². The summed E-state index contributed by atoms with van der Waals surface area (Å²) in [5, 5.41) is 2.77. The molecule has 0 spiro atoms. The highest BCUT2D eigenvalue weighted by molar-refractivity contribution is 5.77. The third-order valence-corrected chi connectivity index (χ3v) is 3.15. The lowest BCUT2D eigenvalue weighted by molar-refractivity contribution is -0.123. The largest absolute Gasteiger partial charge is 0.497 e. The van der Waals surface area contributed by atoms with E-state index in [-0.39, 0.29) is 24.4 Å². The Kier molecular flexibility index (Phi) is 6.42. The van der Waals surface area contributed by atoms with E-state index in [4.69, 9.17) is 14.2 Å². The van der Waals surface area contributed by atoms with Crippen molar-refractivity contribution in [3.8, 4) is 17.2 Å². The first kappa shape index (κ1) is 17.6. The third kappa shape index (κ3) is 5.79. The third-order valence-electron chi connectivity index (χ3n) is 3.15. The molecule has 2 aromatic rings. The van der Waals surface area contributed by atoms with Crippen molar-refractivity contribution in [2.24, 2.45) is 0 Å². The molecule has 2 rings (SSSR count). The Morgan fingerprint density at radius 3 is 2.17 bits per heavy atom. The normalized spacial score (nSPS) is 11.5. The molecule has 0 aliphatic carbocycles. The molecule has 128 valence electrons. The Balaban J connectivity index is 1.69. The topological polar surface area (TPSA) is 56.8 Å². The molecule has 5 nitrogen and oxygen atoms in total. The van der Waals surface area contributed by atoms with E-state index in [1.807, 2.05) is 6.92 Å². The van der Waals surface area contributed by atoms with Crippen LogP contribution in [0, 0.1) is 5.82 Å². The molecule has 0 unspecified atom stereocenters. The lowest BCUT2D eigenvalue weighted by atomic mass is 10.3. The molecule has 1 amide bonds. The first-order valence-electron chi connectivity index (χ1n) is 7.51. The van der Waals surface area contributed by atoms with Gasteiger partial charge in [0.1, 0.15) is 29.7 Å². The van der Waals surface area contributed by atoms with Crippen LogP contribution in [0.2, 0.25) is 0 Å². The van der Waals surface area contributed by atoms with Gasteiger partial charge >= 0.3 is 0 Å². The molecule has 0 aliphatic heterocycles. The van der Waals surface area contributed by atoms with Gasteiger partial charge in [-0.25, -0.2) is 4.39 Å². The average Bonchev–Trinajstić information content (AvgIpc) is 2.60. The number of carbonyl (C=O) groups is 1. The summed E-state index contributed by atoms with van der Waals surface area (Å²) in [6.07, 6.45) is 0. The fourth-order valence-electron chi connectivity index (χ4n) is 1.93. The zero-order valence-corrected chi connectivity index (χ0v) is 13.6. The molecule has 6 heteroatoms. The number of ether oxygens (including phenoxy) is 3. The van der Waals surface area contributed by atoms with Crippen LogP contribution >= 0.6 is 0 Å². The molecule has 0 fully saturated rings. The molecule has 0 saturated carbocycles. The van der Waals surface area contributed by atoms with Crippen molar-refractivity contribution in [1.82, 2.24) is 5.32 Å². The van der Waals surface area contributed by atoms with Crippen molar-refractivity contribution < 1.29 is 23.4 Å². The molecule has 0 aliphatic rings. The Labute approximate surface area is 140 Å². The minimum Gasteiger partial charge on any atom is -0.497 e. The van der Waals surface area contributed by atoms with Gasteiger partial charge in [0.25, 0.3) is 5.91 Å². The van der Waals surface area contributed by atoms with Gasteiger partial charge in [-0.15, -0.1) is 0 Å². The number of hydrogen-bond acceptors (Lipinski definition) is 4. The van der Waals surface area contributed by atoms with Crippen LogP contribution in [-0.2, 0) is 4.79 Å². The average molecular weight is 333 g/mol. The Morgan fingerprint density at radius 2 is 1.54 bits per heavy atom. The number of halogens is 1. The summed E-state index contributed by atoms with van der Waals surface area (Å²) in [5.74, 6) is 1.26. The number of methoxy groups -OCH3 is 1. The van der Waals surface area contributed by atoms with Gasteiger partial charge in [-0.1, -0.05) is 0 Å².